The lowest BCUT2D eigenvalue weighted by atomic mass is 10.2. The fraction of sp³-hybridized carbons (Fsp3) is 0.231. The number of phenolic OH excluding ortho intramolecular Hbond substituents is 1. The van der Waals surface area contributed by atoms with E-state index in [1.807, 2.05) is 0 Å². The van der Waals surface area contributed by atoms with Gasteiger partial charge in [-0.3, -0.25) is 4.79 Å². The Morgan fingerprint density at radius 1 is 1.50 bits per heavy atom. The Bertz CT molecular complexity index is 744. The third kappa shape index (κ3) is 3.17. The van der Waals surface area contributed by atoms with Gasteiger partial charge in [-0.1, -0.05) is 11.6 Å². The highest BCUT2D eigenvalue weighted by atomic mass is 35.5. The number of hydrogen-bond acceptors (Lipinski definition) is 5. The van der Waals surface area contributed by atoms with Crippen molar-refractivity contribution in [3.63, 3.8) is 0 Å². The number of amides is 1. The molecule has 2 rings (SSSR count). The van der Waals surface area contributed by atoms with Crippen LogP contribution in [0.3, 0.4) is 0 Å². The predicted molar refractivity (Wildman–Crippen MR) is 80.1 cm³/mol. The monoisotopic (exact) mass is 324 g/mol. The van der Waals surface area contributed by atoms with Gasteiger partial charge in [0.1, 0.15) is 11.8 Å². The third-order valence-corrected chi connectivity index (χ3v) is 3.29. The third-order valence-electron chi connectivity index (χ3n) is 3.06. The first-order chi connectivity index (χ1) is 10.3. The van der Waals surface area contributed by atoms with Gasteiger partial charge in [0.25, 0.3) is 5.91 Å². The van der Waals surface area contributed by atoms with Crippen molar-refractivity contribution < 1.29 is 14.8 Å². The smallest absolute Gasteiger partial charge is 0.390 e. The number of nitrogens with zero attached hydrogens (tertiary/aromatic N) is 3. The van der Waals surface area contributed by atoms with E-state index in [1.165, 1.54) is 28.9 Å². The number of carbonyl (C=O) groups is 1. The fourth-order valence-corrected chi connectivity index (χ4v) is 2.08. The van der Waals surface area contributed by atoms with E-state index in [4.69, 9.17) is 11.6 Å². The summed E-state index contributed by atoms with van der Waals surface area (Å²) in [4.78, 5) is 22.3. The van der Waals surface area contributed by atoms with Gasteiger partial charge in [0.15, 0.2) is 0 Å². The number of halogens is 1. The zero-order valence-electron chi connectivity index (χ0n) is 11.8. The van der Waals surface area contributed by atoms with Crippen molar-refractivity contribution in [1.82, 2.24) is 9.78 Å². The van der Waals surface area contributed by atoms with Crippen molar-refractivity contribution in [2.75, 3.05) is 5.32 Å². The second kappa shape index (κ2) is 6.02. The Morgan fingerprint density at radius 2 is 2.18 bits per heavy atom. The Kier molecular flexibility index (Phi) is 4.32. The maximum atomic E-state index is 12.2. The van der Waals surface area contributed by atoms with E-state index in [0.717, 1.165) is 0 Å². The minimum atomic E-state index is -0.799. The van der Waals surface area contributed by atoms with E-state index in [2.05, 4.69) is 10.4 Å². The van der Waals surface area contributed by atoms with Crippen LogP contribution in [0.4, 0.5) is 11.5 Å². The molecule has 0 bridgehead atoms. The number of aryl methyl sites for hydroxylation is 1. The van der Waals surface area contributed by atoms with Crippen LogP contribution in [0.25, 0.3) is 0 Å². The van der Waals surface area contributed by atoms with Gasteiger partial charge in [-0.15, -0.1) is 0 Å². The quantitative estimate of drug-likeness (QED) is 0.510. The van der Waals surface area contributed by atoms with Crippen molar-refractivity contribution in [3.8, 4) is 5.75 Å². The molecule has 1 unspecified atom stereocenters. The lowest BCUT2D eigenvalue weighted by Gasteiger charge is -2.12. The number of carbonyl (C=O) groups excluding carboxylic acids is 1. The predicted octanol–water partition coefficient (Wildman–Crippen LogP) is 2.66. The molecule has 0 saturated heterocycles. The molecule has 0 aliphatic rings. The first kappa shape index (κ1) is 15.8. The van der Waals surface area contributed by atoms with Gasteiger partial charge in [0, 0.05) is 5.02 Å². The average Bonchev–Trinajstić information content (AvgIpc) is 2.84. The molecule has 0 saturated carbocycles. The van der Waals surface area contributed by atoms with E-state index in [-0.39, 0.29) is 17.3 Å². The Balaban J connectivity index is 2.22. The highest BCUT2D eigenvalue weighted by Gasteiger charge is 2.25. The zero-order valence-corrected chi connectivity index (χ0v) is 12.5. The standard InChI is InChI=1S/C13H13ClN4O4/c1-7-5-12(18(21)22)16-17(7)8(2)13(20)15-10-6-9(14)3-4-11(10)19/h3-6,8,19H,1-2H3,(H,15,20). The van der Waals surface area contributed by atoms with Gasteiger partial charge in [0.05, 0.1) is 22.5 Å². The molecular formula is C13H13ClN4O4. The average molecular weight is 325 g/mol. The SMILES string of the molecule is Cc1cc([N+](=O)[O-])nn1C(C)C(=O)Nc1cc(Cl)ccc1O. The van der Waals surface area contributed by atoms with Crippen LogP contribution >= 0.6 is 11.6 Å². The molecular weight excluding hydrogens is 312 g/mol. The summed E-state index contributed by atoms with van der Waals surface area (Å²) in [5.41, 5.74) is 0.633. The van der Waals surface area contributed by atoms with E-state index < -0.39 is 16.9 Å². The molecule has 8 nitrogen and oxygen atoms in total. The summed E-state index contributed by atoms with van der Waals surface area (Å²) in [6.07, 6.45) is 0. The fourth-order valence-electron chi connectivity index (χ4n) is 1.91. The lowest BCUT2D eigenvalue weighted by Crippen LogP contribution is -2.25. The Hall–Kier alpha value is -2.61. The maximum Gasteiger partial charge on any atom is 0.390 e. The van der Waals surface area contributed by atoms with E-state index >= 15 is 0 Å². The van der Waals surface area contributed by atoms with Crippen LogP contribution in [0.2, 0.25) is 5.02 Å². The number of nitro groups is 1. The van der Waals surface area contributed by atoms with Gasteiger partial charge in [-0.25, -0.2) is 0 Å². The Labute approximate surface area is 130 Å². The van der Waals surface area contributed by atoms with Gasteiger partial charge in [-0.05, 0) is 37.0 Å². The summed E-state index contributed by atoms with van der Waals surface area (Å²) in [7, 11) is 0. The molecule has 9 heteroatoms. The molecule has 2 N–H and O–H groups in total. The normalized spacial score (nSPS) is 12.0. The Morgan fingerprint density at radius 3 is 2.77 bits per heavy atom. The van der Waals surface area contributed by atoms with Crippen LogP contribution in [0.15, 0.2) is 24.3 Å². The lowest BCUT2D eigenvalue weighted by molar-refractivity contribution is -0.389. The van der Waals surface area contributed by atoms with Crippen LogP contribution in [0.5, 0.6) is 5.75 Å². The van der Waals surface area contributed by atoms with Crippen LogP contribution in [-0.2, 0) is 4.79 Å². The van der Waals surface area contributed by atoms with Crippen molar-refractivity contribution in [2.24, 2.45) is 0 Å². The van der Waals surface area contributed by atoms with Gasteiger partial charge in [-0.2, -0.15) is 4.68 Å². The molecule has 1 aromatic carbocycles. The van der Waals surface area contributed by atoms with Crippen molar-refractivity contribution >= 4 is 29.0 Å². The number of hydrogen-bond donors (Lipinski definition) is 2. The largest absolute Gasteiger partial charge is 0.506 e. The summed E-state index contributed by atoms with van der Waals surface area (Å²) in [6, 6.07) is 4.72. The second-order valence-electron chi connectivity index (χ2n) is 4.67. The molecule has 0 spiro atoms. The van der Waals surface area contributed by atoms with E-state index in [1.54, 1.807) is 13.8 Å². The molecule has 116 valence electrons. The number of rotatable bonds is 4. The number of benzene rings is 1. The molecule has 1 heterocycles. The van der Waals surface area contributed by atoms with E-state index in [9.17, 15) is 20.0 Å². The van der Waals surface area contributed by atoms with Crippen molar-refractivity contribution in [2.45, 2.75) is 19.9 Å². The van der Waals surface area contributed by atoms with Crippen LogP contribution in [-0.4, -0.2) is 25.7 Å². The number of aromatic hydroxyl groups is 1. The molecule has 22 heavy (non-hydrogen) atoms. The van der Waals surface area contributed by atoms with Gasteiger partial charge >= 0.3 is 5.82 Å². The van der Waals surface area contributed by atoms with Gasteiger partial charge < -0.3 is 20.5 Å². The topological polar surface area (TPSA) is 110 Å². The summed E-state index contributed by atoms with van der Waals surface area (Å²) in [5, 5.41) is 27.0. The molecule has 0 aliphatic heterocycles. The zero-order chi connectivity index (χ0) is 16.4. The van der Waals surface area contributed by atoms with E-state index in [0.29, 0.717) is 10.7 Å². The van der Waals surface area contributed by atoms with Crippen molar-refractivity contribution in [3.05, 3.63) is 45.1 Å². The van der Waals surface area contributed by atoms with Crippen molar-refractivity contribution in [1.29, 1.82) is 0 Å². The molecule has 0 fully saturated rings. The minimum absolute atomic E-state index is 0.131. The molecule has 2 aromatic rings. The molecule has 0 aliphatic carbocycles. The molecule has 1 amide bonds. The molecule has 0 radical (unpaired) electrons. The van der Waals surface area contributed by atoms with Crippen LogP contribution < -0.4 is 5.32 Å². The first-order valence-electron chi connectivity index (χ1n) is 6.29. The summed E-state index contributed by atoms with van der Waals surface area (Å²) in [5.74, 6) is -0.950. The number of nitrogens with one attached hydrogen (secondary N) is 1. The number of phenols is 1. The number of anilines is 1. The maximum absolute atomic E-state index is 12.2. The molecule has 1 aromatic heterocycles. The molecule has 1 atom stereocenters. The van der Waals surface area contributed by atoms with Crippen LogP contribution in [0.1, 0.15) is 18.7 Å². The summed E-state index contributed by atoms with van der Waals surface area (Å²) in [6.45, 7) is 3.15. The summed E-state index contributed by atoms with van der Waals surface area (Å²) >= 11 is 5.81. The first-order valence-corrected chi connectivity index (χ1v) is 6.67. The minimum Gasteiger partial charge on any atom is -0.506 e. The highest BCUT2D eigenvalue weighted by molar-refractivity contribution is 6.31. The van der Waals surface area contributed by atoms with Gasteiger partial charge in [0.2, 0.25) is 0 Å². The summed E-state index contributed by atoms with van der Waals surface area (Å²) < 4.78 is 1.25. The number of aromatic nitrogens is 2. The second-order valence-corrected chi connectivity index (χ2v) is 5.11. The van der Waals surface area contributed by atoms with Crippen LogP contribution in [0, 0.1) is 17.0 Å². The highest BCUT2D eigenvalue weighted by Crippen LogP contribution is 2.27.